The molecule has 1 aromatic heterocycles. The molecule has 0 aliphatic carbocycles. The summed E-state index contributed by atoms with van der Waals surface area (Å²) in [5, 5.41) is 1.17. The van der Waals surface area contributed by atoms with Gasteiger partial charge in [-0.15, -0.1) is 0 Å². The maximum absolute atomic E-state index is 5.97. The zero-order valence-electron chi connectivity index (χ0n) is 8.59. The molecule has 0 radical (unpaired) electrons. The van der Waals surface area contributed by atoms with Crippen molar-refractivity contribution < 1.29 is 0 Å². The Labute approximate surface area is 99.2 Å². The van der Waals surface area contributed by atoms with E-state index in [4.69, 9.17) is 23.2 Å². The summed E-state index contributed by atoms with van der Waals surface area (Å²) in [5.41, 5.74) is 3.56. The standard InChI is InChI=1S/C12H11Cl2N/c1-8-6-15(7-9(8)2)10-3-4-11(13)12(14)5-10/h3-7H,1-2H3. The van der Waals surface area contributed by atoms with Crippen LogP contribution < -0.4 is 0 Å². The second-order valence-corrected chi connectivity index (χ2v) is 4.44. The summed E-state index contributed by atoms with van der Waals surface area (Å²) in [5.74, 6) is 0. The zero-order chi connectivity index (χ0) is 11.0. The van der Waals surface area contributed by atoms with Crippen molar-refractivity contribution in [3.05, 3.63) is 51.8 Å². The van der Waals surface area contributed by atoms with E-state index in [1.165, 1.54) is 11.1 Å². The van der Waals surface area contributed by atoms with Gasteiger partial charge in [0.15, 0.2) is 0 Å². The molecule has 1 heterocycles. The molecule has 0 fully saturated rings. The molecule has 3 heteroatoms. The third kappa shape index (κ3) is 2.04. The summed E-state index contributed by atoms with van der Waals surface area (Å²) in [7, 11) is 0. The second-order valence-electron chi connectivity index (χ2n) is 3.63. The van der Waals surface area contributed by atoms with Gasteiger partial charge in [0.1, 0.15) is 0 Å². The highest BCUT2D eigenvalue weighted by Gasteiger charge is 2.03. The number of rotatable bonds is 1. The third-order valence-electron chi connectivity index (χ3n) is 2.49. The van der Waals surface area contributed by atoms with Gasteiger partial charge in [-0.2, -0.15) is 0 Å². The van der Waals surface area contributed by atoms with Crippen molar-refractivity contribution in [3.63, 3.8) is 0 Å². The van der Waals surface area contributed by atoms with Gasteiger partial charge in [0, 0.05) is 18.1 Å². The van der Waals surface area contributed by atoms with E-state index in [1.54, 1.807) is 0 Å². The first kappa shape index (κ1) is 10.6. The van der Waals surface area contributed by atoms with Crippen LogP contribution in [0.2, 0.25) is 10.0 Å². The molecule has 2 rings (SSSR count). The summed E-state index contributed by atoms with van der Waals surface area (Å²) in [6.45, 7) is 4.17. The van der Waals surface area contributed by atoms with Gasteiger partial charge in [0.2, 0.25) is 0 Å². The lowest BCUT2D eigenvalue weighted by atomic mass is 10.2. The van der Waals surface area contributed by atoms with Crippen LogP contribution in [0.4, 0.5) is 0 Å². The molecule has 0 atom stereocenters. The van der Waals surface area contributed by atoms with Crippen LogP contribution in [-0.4, -0.2) is 4.57 Å². The van der Waals surface area contributed by atoms with E-state index in [2.05, 4.69) is 26.2 Å². The molecule has 0 amide bonds. The first-order valence-corrected chi connectivity index (χ1v) is 5.44. The van der Waals surface area contributed by atoms with Crippen molar-refractivity contribution in [2.75, 3.05) is 0 Å². The Morgan fingerprint density at radius 1 is 0.933 bits per heavy atom. The van der Waals surface area contributed by atoms with Gasteiger partial charge >= 0.3 is 0 Å². The number of hydrogen-bond acceptors (Lipinski definition) is 0. The van der Waals surface area contributed by atoms with Crippen LogP contribution in [0.5, 0.6) is 0 Å². The van der Waals surface area contributed by atoms with E-state index in [9.17, 15) is 0 Å². The van der Waals surface area contributed by atoms with Crippen LogP contribution in [0.3, 0.4) is 0 Å². The van der Waals surface area contributed by atoms with Gasteiger partial charge in [-0.05, 0) is 43.2 Å². The van der Waals surface area contributed by atoms with E-state index in [0.717, 1.165) is 5.69 Å². The summed E-state index contributed by atoms with van der Waals surface area (Å²) in [4.78, 5) is 0. The molecule has 0 N–H and O–H groups in total. The summed E-state index contributed by atoms with van der Waals surface area (Å²) >= 11 is 11.8. The SMILES string of the molecule is Cc1cn(-c2ccc(Cl)c(Cl)c2)cc1C. The van der Waals surface area contributed by atoms with Gasteiger partial charge in [-0.25, -0.2) is 0 Å². The maximum atomic E-state index is 5.97. The number of nitrogens with zero attached hydrogens (tertiary/aromatic N) is 1. The number of aryl methyl sites for hydroxylation is 2. The van der Waals surface area contributed by atoms with Crippen molar-refractivity contribution in [1.82, 2.24) is 4.57 Å². The zero-order valence-corrected chi connectivity index (χ0v) is 10.1. The Hall–Kier alpha value is -0.920. The minimum atomic E-state index is 0.582. The smallest absolute Gasteiger partial charge is 0.0613 e. The fraction of sp³-hybridized carbons (Fsp3) is 0.167. The van der Waals surface area contributed by atoms with Gasteiger partial charge < -0.3 is 4.57 Å². The third-order valence-corrected chi connectivity index (χ3v) is 3.23. The molecule has 78 valence electrons. The first-order chi connectivity index (χ1) is 7.08. The molecule has 0 unspecified atom stereocenters. The fourth-order valence-electron chi connectivity index (χ4n) is 1.45. The Kier molecular flexibility index (Phi) is 2.76. The largest absolute Gasteiger partial charge is 0.323 e. The van der Waals surface area contributed by atoms with Crippen molar-refractivity contribution in [3.8, 4) is 5.69 Å². The molecule has 0 bridgehead atoms. The number of hydrogen-bond donors (Lipinski definition) is 0. The topological polar surface area (TPSA) is 4.93 Å². The van der Waals surface area contributed by atoms with E-state index in [1.807, 2.05) is 22.8 Å². The molecule has 1 nitrogen and oxygen atoms in total. The Morgan fingerprint density at radius 2 is 1.53 bits per heavy atom. The highest BCUT2D eigenvalue weighted by Crippen LogP contribution is 2.25. The van der Waals surface area contributed by atoms with Gasteiger partial charge in [-0.3, -0.25) is 0 Å². The Morgan fingerprint density at radius 3 is 2.07 bits per heavy atom. The second kappa shape index (κ2) is 3.92. The van der Waals surface area contributed by atoms with E-state index in [-0.39, 0.29) is 0 Å². The highest BCUT2D eigenvalue weighted by atomic mass is 35.5. The number of halogens is 2. The summed E-state index contributed by atoms with van der Waals surface area (Å²) in [6.07, 6.45) is 4.16. The van der Waals surface area contributed by atoms with Crippen LogP contribution in [0, 0.1) is 13.8 Å². The van der Waals surface area contributed by atoms with E-state index < -0.39 is 0 Å². The fourth-order valence-corrected chi connectivity index (χ4v) is 1.75. The average molecular weight is 240 g/mol. The summed E-state index contributed by atoms with van der Waals surface area (Å²) < 4.78 is 2.05. The first-order valence-electron chi connectivity index (χ1n) is 4.68. The van der Waals surface area contributed by atoms with Gasteiger partial charge in [0.25, 0.3) is 0 Å². The molecular formula is C12H11Cl2N. The van der Waals surface area contributed by atoms with Crippen molar-refractivity contribution >= 4 is 23.2 Å². The predicted octanol–water partition coefficient (Wildman–Crippen LogP) is 4.40. The quantitative estimate of drug-likeness (QED) is 0.696. The Balaban J connectivity index is 2.49. The van der Waals surface area contributed by atoms with Crippen LogP contribution in [0.15, 0.2) is 30.6 Å². The minimum Gasteiger partial charge on any atom is -0.323 e. The predicted molar refractivity (Wildman–Crippen MR) is 65.3 cm³/mol. The van der Waals surface area contributed by atoms with E-state index in [0.29, 0.717) is 10.0 Å². The van der Waals surface area contributed by atoms with Crippen molar-refractivity contribution in [2.24, 2.45) is 0 Å². The van der Waals surface area contributed by atoms with Crippen molar-refractivity contribution in [1.29, 1.82) is 0 Å². The molecule has 2 aromatic rings. The molecule has 0 aliphatic heterocycles. The van der Waals surface area contributed by atoms with Crippen LogP contribution >= 0.6 is 23.2 Å². The van der Waals surface area contributed by atoms with E-state index >= 15 is 0 Å². The maximum Gasteiger partial charge on any atom is 0.0613 e. The molecule has 15 heavy (non-hydrogen) atoms. The lowest BCUT2D eigenvalue weighted by molar-refractivity contribution is 1.07. The molecular weight excluding hydrogens is 229 g/mol. The Bertz CT molecular complexity index is 481. The highest BCUT2D eigenvalue weighted by molar-refractivity contribution is 6.42. The lowest BCUT2D eigenvalue weighted by Gasteiger charge is -2.04. The van der Waals surface area contributed by atoms with Gasteiger partial charge in [-0.1, -0.05) is 23.2 Å². The average Bonchev–Trinajstić information content (AvgIpc) is 2.52. The van der Waals surface area contributed by atoms with Crippen LogP contribution in [0.1, 0.15) is 11.1 Å². The molecule has 0 saturated heterocycles. The van der Waals surface area contributed by atoms with Crippen LogP contribution in [0.25, 0.3) is 5.69 Å². The van der Waals surface area contributed by atoms with Gasteiger partial charge in [0.05, 0.1) is 10.0 Å². The number of benzene rings is 1. The summed E-state index contributed by atoms with van der Waals surface area (Å²) in [6, 6.07) is 5.62. The van der Waals surface area contributed by atoms with Crippen molar-refractivity contribution in [2.45, 2.75) is 13.8 Å². The normalized spacial score (nSPS) is 10.7. The monoisotopic (exact) mass is 239 g/mol. The molecule has 0 spiro atoms. The van der Waals surface area contributed by atoms with Crippen LogP contribution in [-0.2, 0) is 0 Å². The lowest BCUT2D eigenvalue weighted by Crippen LogP contribution is -1.89. The minimum absolute atomic E-state index is 0.582. The molecule has 0 saturated carbocycles. The number of aromatic nitrogens is 1. The molecule has 0 aliphatic rings. The molecule has 1 aromatic carbocycles.